The number of benzene rings is 3. The van der Waals surface area contributed by atoms with Crippen molar-refractivity contribution >= 4 is 27.2 Å². The Morgan fingerprint density at radius 3 is 1.74 bits per heavy atom. The van der Waals surface area contributed by atoms with Crippen molar-refractivity contribution in [1.29, 1.82) is 0 Å². The van der Waals surface area contributed by atoms with Crippen LogP contribution < -0.4 is 11.1 Å². The van der Waals surface area contributed by atoms with Gasteiger partial charge in [-0.3, -0.25) is 19.7 Å². The molecule has 1 aromatic heterocycles. The lowest BCUT2D eigenvalue weighted by molar-refractivity contribution is -0.384. The van der Waals surface area contributed by atoms with Crippen molar-refractivity contribution in [2.24, 2.45) is 0 Å². The van der Waals surface area contributed by atoms with E-state index in [4.69, 9.17) is 0 Å². The van der Waals surface area contributed by atoms with Crippen LogP contribution in [0.5, 0.6) is 0 Å². The molecular weight excluding hydrogens is 351 g/mol. The van der Waals surface area contributed by atoms with E-state index in [0.29, 0.717) is 15.3 Å². The SMILES string of the molecule is O=c1c2ccccc2c2ccccc2c(=O)n1-c1cc([N+](=O)[O-])ccc1F. The molecule has 6 nitrogen and oxygen atoms in total. The Kier molecular flexibility index (Phi) is 3.77. The fourth-order valence-electron chi connectivity index (χ4n) is 3.15. The van der Waals surface area contributed by atoms with E-state index in [1.54, 1.807) is 36.4 Å². The van der Waals surface area contributed by atoms with Crippen molar-refractivity contribution in [1.82, 2.24) is 4.57 Å². The van der Waals surface area contributed by atoms with E-state index in [1.165, 1.54) is 12.1 Å². The first-order valence-corrected chi connectivity index (χ1v) is 8.00. The summed E-state index contributed by atoms with van der Waals surface area (Å²) >= 11 is 0. The molecule has 0 radical (unpaired) electrons. The second kappa shape index (κ2) is 6.14. The zero-order valence-electron chi connectivity index (χ0n) is 13.8. The molecule has 27 heavy (non-hydrogen) atoms. The molecule has 7 heteroatoms. The Hall–Kier alpha value is -3.87. The van der Waals surface area contributed by atoms with Gasteiger partial charge in [0.25, 0.3) is 16.8 Å². The van der Waals surface area contributed by atoms with Gasteiger partial charge in [0.05, 0.1) is 10.6 Å². The van der Waals surface area contributed by atoms with Crippen molar-refractivity contribution in [2.45, 2.75) is 0 Å². The smallest absolute Gasteiger partial charge is 0.268 e. The van der Waals surface area contributed by atoms with E-state index in [1.807, 2.05) is 0 Å². The average molecular weight is 362 g/mol. The number of nitro groups is 1. The summed E-state index contributed by atoms with van der Waals surface area (Å²) in [4.78, 5) is 36.6. The number of hydrogen-bond acceptors (Lipinski definition) is 4. The van der Waals surface area contributed by atoms with Crippen LogP contribution in [0.15, 0.2) is 76.3 Å². The van der Waals surface area contributed by atoms with Gasteiger partial charge in [0, 0.05) is 22.9 Å². The Morgan fingerprint density at radius 2 is 1.26 bits per heavy atom. The van der Waals surface area contributed by atoms with Crippen LogP contribution in [-0.4, -0.2) is 9.49 Å². The highest BCUT2D eigenvalue weighted by molar-refractivity contribution is 6.05. The second-order valence-corrected chi connectivity index (χ2v) is 5.93. The lowest BCUT2D eigenvalue weighted by atomic mass is 10.1. The van der Waals surface area contributed by atoms with Crippen LogP contribution in [0.2, 0.25) is 0 Å². The topological polar surface area (TPSA) is 82.2 Å². The molecule has 0 N–H and O–H groups in total. The summed E-state index contributed by atoms with van der Waals surface area (Å²) in [6.07, 6.45) is 0. The maximum absolute atomic E-state index is 14.5. The van der Waals surface area contributed by atoms with Gasteiger partial charge in [-0.25, -0.2) is 8.96 Å². The number of rotatable bonds is 2. The molecule has 0 aliphatic heterocycles. The Morgan fingerprint density at radius 1 is 0.778 bits per heavy atom. The molecule has 0 saturated heterocycles. The minimum atomic E-state index is -0.904. The van der Waals surface area contributed by atoms with Crippen molar-refractivity contribution in [3.05, 3.63) is 103 Å². The van der Waals surface area contributed by atoms with Gasteiger partial charge < -0.3 is 0 Å². The van der Waals surface area contributed by atoms with E-state index in [0.717, 1.165) is 18.2 Å². The Labute approximate surface area is 150 Å². The van der Waals surface area contributed by atoms with E-state index in [-0.39, 0.29) is 10.8 Å². The molecule has 0 bridgehead atoms. The summed E-state index contributed by atoms with van der Waals surface area (Å²) in [5.41, 5.74) is -2.36. The van der Waals surface area contributed by atoms with Crippen LogP contribution in [0.4, 0.5) is 10.1 Å². The second-order valence-electron chi connectivity index (χ2n) is 5.93. The van der Waals surface area contributed by atoms with Crippen molar-refractivity contribution in [2.75, 3.05) is 0 Å². The molecule has 0 saturated carbocycles. The van der Waals surface area contributed by atoms with Gasteiger partial charge in [0.2, 0.25) is 0 Å². The molecule has 4 aromatic rings. The van der Waals surface area contributed by atoms with Gasteiger partial charge >= 0.3 is 0 Å². The Bertz CT molecular complexity index is 1290. The van der Waals surface area contributed by atoms with Crippen LogP contribution in [0, 0.1) is 15.9 Å². The van der Waals surface area contributed by atoms with Crippen LogP contribution in [0.25, 0.3) is 27.2 Å². The highest BCUT2D eigenvalue weighted by Gasteiger charge is 2.18. The van der Waals surface area contributed by atoms with E-state index in [9.17, 15) is 24.1 Å². The summed E-state index contributed by atoms with van der Waals surface area (Å²) in [6.45, 7) is 0. The first-order valence-electron chi connectivity index (χ1n) is 8.00. The molecule has 0 atom stereocenters. The van der Waals surface area contributed by atoms with E-state index < -0.39 is 33.2 Å². The van der Waals surface area contributed by atoms with Gasteiger partial charge in [0.1, 0.15) is 5.82 Å². The third-order valence-corrected chi connectivity index (χ3v) is 4.39. The number of halogens is 1. The van der Waals surface area contributed by atoms with E-state index in [2.05, 4.69) is 0 Å². The highest BCUT2D eigenvalue weighted by Crippen LogP contribution is 2.22. The number of aromatic nitrogens is 1. The lowest BCUT2D eigenvalue weighted by Gasteiger charge is -2.04. The third-order valence-electron chi connectivity index (χ3n) is 4.39. The lowest BCUT2D eigenvalue weighted by Crippen LogP contribution is -2.29. The van der Waals surface area contributed by atoms with Gasteiger partial charge in [-0.05, 0) is 29.0 Å². The van der Waals surface area contributed by atoms with Gasteiger partial charge in [-0.2, -0.15) is 0 Å². The van der Waals surface area contributed by atoms with Gasteiger partial charge in [-0.15, -0.1) is 0 Å². The molecular formula is C20H11FN2O4. The number of nitrogens with zero attached hydrogens (tertiary/aromatic N) is 2. The molecule has 3 aromatic carbocycles. The van der Waals surface area contributed by atoms with Crippen LogP contribution in [0.1, 0.15) is 0 Å². The maximum Gasteiger partial charge on any atom is 0.271 e. The largest absolute Gasteiger partial charge is 0.271 e. The third kappa shape index (κ3) is 2.56. The minimum Gasteiger partial charge on any atom is -0.268 e. The van der Waals surface area contributed by atoms with Crippen molar-refractivity contribution in [3.63, 3.8) is 0 Å². The van der Waals surface area contributed by atoms with Gasteiger partial charge in [0.15, 0.2) is 0 Å². The molecule has 1 heterocycles. The fraction of sp³-hybridized carbons (Fsp3) is 0. The first-order chi connectivity index (χ1) is 13.0. The molecule has 4 rings (SSSR count). The average Bonchev–Trinajstić information content (AvgIpc) is 2.77. The first kappa shape index (κ1) is 16.6. The molecule has 0 spiro atoms. The maximum atomic E-state index is 14.5. The summed E-state index contributed by atoms with van der Waals surface area (Å²) in [7, 11) is 0. The number of non-ortho nitro benzene ring substituents is 1. The van der Waals surface area contributed by atoms with Crippen LogP contribution >= 0.6 is 0 Å². The summed E-state index contributed by atoms with van der Waals surface area (Å²) in [6, 6.07) is 16.0. The number of fused-ring (bicyclic) bond motifs is 3. The number of hydrogen-bond donors (Lipinski definition) is 0. The highest BCUT2D eigenvalue weighted by atomic mass is 19.1. The summed E-state index contributed by atoms with van der Waals surface area (Å²) in [5.74, 6) is -0.904. The molecule has 0 aliphatic carbocycles. The van der Waals surface area contributed by atoms with Crippen LogP contribution in [-0.2, 0) is 0 Å². The normalized spacial score (nSPS) is 11.0. The molecule has 0 unspecified atom stereocenters. The predicted octanol–water partition coefficient (Wildman–Crippen LogP) is 3.55. The number of nitro benzene ring substituents is 1. The molecule has 0 aliphatic rings. The zero-order chi connectivity index (χ0) is 19.1. The molecule has 132 valence electrons. The minimum absolute atomic E-state index is 0.210. The zero-order valence-corrected chi connectivity index (χ0v) is 13.8. The van der Waals surface area contributed by atoms with Gasteiger partial charge in [-0.1, -0.05) is 36.4 Å². The molecule has 0 fully saturated rings. The predicted molar refractivity (Wildman–Crippen MR) is 99.9 cm³/mol. The standard InChI is InChI=1S/C20H11FN2O4/c21-17-10-9-12(23(26)27)11-18(17)22-19(24)15-7-3-1-5-13(15)14-6-2-4-8-16(14)20(22)25/h1-11H. The fourth-order valence-corrected chi connectivity index (χ4v) is 3.15. The van der Waals surface area contributed by atoms with Crippen LogP contribution in [0.3, 0.4) is 0 Å². The Balaban J connectivity index is 2.30. The van der Waals surface area contributed by atoms with Crippen molar-refractivity contribution in [3.8, 4) is 5.69 Å². The summed E-state index contributed by atoms with van der Waals surface area (Å²) < 4.78 is 15.1. The van der Waals surface area contributed by atoms with Crippen molar-refractivity contribution < 1.29 is 9.31 Å². The van der Waals surface area contributed by atoms with E-state index >= 15 is 0 Å². The quantitative estimate of drug-likeness (QED) is 0.403. The summed E-state index contributed by atoms with van der Waals surface area (Å²) in [5, 5.41) is 12.6. The monoisotopic (exact) mass is 362 g/mol. The molecule has 0 amide bonds.